The van der Waals surface area contributed by atoms with E-state index in [2.05, 4.69) is 10.4 Å². The van der Waals surface area contributed by atoms with Gasteiger partial charge < -0.3 is 5.32 Å². The van der Waals surface area contributed by atoms with Crippen molar-refractivity contribution < 1.29 is 9.59 Å². The highest BCUT2D eigenvalue weighted by Crippen LogP contribution is 2.24. The molecule has 0 saturated heterocycles. The van der Waals surface area contributed by atoms with Crippen molar-refractivity contribution in [1.82, 2.24) is 9.78 Å². The number of hydrogen-bond acceptors (Lipinski definition) is 3. The van der Waals surface area contributed by atoms with Gasteiger partial charge in [-0.1, -0.05) is 35.9 Å². The predicted molar refractivity (Wildman–Crippen MR) is 102 cm³/mol. The lowest BCUT2D eigenvalue weighted by Crippen LogP contribution is -2.24. The molecular weight excluding hydrogens is 350 g/mol. The molecule has 132 valence electrons. The maximum absolute atomic E-state index is 12.7. The van der Waals surface area contributed by atoms with Crippen molar-refractivity contribution in [3.05, 3.63) is 76.1 Å². The van der Waals surface area contributed by atoms with E-state index in [1.807, 2.05) is 30.3 Å². The quantitative estimate of drug-likeness (QED) is 0.553. The highest BCUT2D eigenvalue weighted by Gasteiger charge is 2.25. The maximum atomic E-state index is 12.7. The molecule has 0 bridgehead atoms. The van der Waals surface area contributed by atoms with Gasteiger partial charge in [0.15, 0.2) is 0 Å². The second-order valence-corrected chi connectivity index (χ2v) is 6.40. The SMILES string of the molecule is Cc1nn(-c2ccccc2)c(C)c1C(=O)C(=O)Nc1cccc(Cl)c1C. The maximum Gasteiger partial charge on any atom is 0.296 e. The Hall–Kier alpha value is -2.92. The number of carbonyl (C=O) groups excluding carboxylic acids is 2. The number of para-hydroxylation sites is 1. The van der Waals surface area contributed by atoms with E-state index in [0.29, 0.717) is 33.2 Å². The number of amides is 1. The van der Waals surface area contributed by atoms with Crippen LogP contribution in [0.3, 0.4) is 0 Å². The standard InChI is InChI=1S/C20H18ClN3O2/c1-12-16(21)10-7-11-17(12)22-20(26)19(25)18-13(2)23-24(14(18)3)15-8-5-4-6-9-15/h4-11H,1-3H3,(H,22,26). The molecule has 0 aliphatic rings. The molecule has 1 amide bonds. The van der Waals surface area contributed by atoms with Gasteiger partial charge in [-0.15, -0.1) is 0 Å². The largest absolute Gasteiger partial charge is 0.319 e. The second-order valence-electron chi connectivity index (χ2n) is 5.99. The summed E-state index contributed by atoms with van der Waals surface area (Å²) in [5.41, 5.74) is 3.50. The Labute approximate surface area is 156 Å². The summed E-state index contributed by atoms with van der Waals surface area (Å²) in [6.45, 7) is 5.28. The summed E-state index contributed by atoms with van der Waals surface area (Å²) in [4.78, 5) is 25.2. The molecule has 0 saturated carbocycles. The Morgan fingerprint density at radius 1 is 1.00 bits per heavy atom. The first-order valence-corrected chi connectivity index (χ1v) is 8.50. The highest BCUT2D eigenvalue weighted by molar-refractivity contribution is 6.47. The van der Waals surface area contributed by atoms with Crippen molar-refractivity contribution in [2.45, 2.75) is 20.8 Å². The van der Waals surface area contributed by atoms with Gasteiger partial charge in [0, 0.05) is 10.7 Å². The molecule has 5 nitrogen and oxygen atoms in total. The number of aryl methyl sites for hydroxylation is 1. The summed E-state index contributed by atoms with van der Waals surface area (Å²) in [5.74, 6) is -1.34. The Kier molecular flexibility index (Phi) is 4.91. The summed E-state index contributed by atoms with van der Waals surface area (Å²) in [6, 6.07) is 14.6. The highest BCUT2D eigenvalue weighted by atomic mass is 35.5. The molecule has 0 atom stereocenters. The minimum atomic E-state index is -0.714. The molecule has 0 spiro atoms. The Bertz CT molecular complexity index is 994. The topological polar surface area (TPSA) is 64.0 Å². The van der Waals surface area contributed by atoms with Crippen LogP contribution in [0.5, 0.6) is 0 Å². The van der Waals surface area contributed by atoms with Crippen LogP contribution in [0.25, 0.3) is 5.69 Å². The van der Waals surface area contributed by atoms with Crippen molar-refractivity contribution in [3.63, 3.8) is 0 Å². The smallest absolute Gasteiger partial charge is 0.296 e. The third kappa shape index (κ3) is 3.26. The number of carbonyl (C=O) groups is 2. The minimum absolute atomic E-state index is 0.311. The fourth-order valence-corrected chi connectivity index (χ4v) is 3.00. The number of ketones is 1. The van der Waals surface area contributed by atoms with Crippen molar-refractivity contribution >= 4 is 29.0 Å². The molecule has 26 heavy (non-hydrogen) atoms. The first kappa shape index (κ1) is 17.9. The van der Waals surface area contributed by atoms with E-state index in [0.717, 1.165) is 5.69 Å². The lowest BCUT2D eigenvalue weighted by atomic mass is 10.1. The number of hydrogen-bond donors (Lipinski definition) is 1. The van der Waals surface area contributed by atoms with Crippen LogP contribution in [-0.4, -0.2) is 21.5 Å². The predicted octanol–water partition coefficient (Wildman–Crippen LogP) is 4.27. The van der Waals surface area contributed by atoms with Gasteiger partial charge in [-0.25, -0.2) is 4.68 Å². The molecule has 1 N–H and O–H groups in total. The number of benzene rings is 2. The monoisotopic (exact) mass is 367 g/mol. The summed E-state index contributed by atoms with van der Waals surface area (Å²) in [6.07, 6.45) is 0. The Balaban J connectivity index is 1.92. The van der Waals surface area contributed by atoms with Gasteiger partial charge >= 0.3 is 0 Å². The lowest BCUT2D eigenvalue weighted by molar-refractivity contribution is -0.112. The third-order valence-electron chi connectivity index (χ3n) is 4.24. The first-order valence-electron chi connectivity index (χ1n) is 8.12. The number of halogens is 1. The summed E-state index contributed by atoms with van der Waals surface area (Å²) >= 11 is 6.07. The van der Waals surface area contributed by atoms with Gasteiger partial charge in [0.05, 0.1) is 22.6 Å². The van der Waals surface area contributed by atoms with Gasteiger partial charge in [-0.3, -0.25) is 9.59 Å². The minimum Gasteiger partial charge on any atom is -0.319 e. The van der Waals surface area contributed by atoms with E-state index in [1.54, 1.807) is 43.7 Å². The molecule has 6 heteroatoms. The molecule has 0 fully saturated rings. The molecule has 0 unspecified atom stereocenters. The van der Waals surface area contributed by atoms with Crippen LogP contribution in [0.1, 0.15) is 27.3 Å². The van der Waals surface area contributed by atoms with E-state index in [9.17, 15) is 9.59 Å². The lowest BCUT2D eigenvalue weighted by Gasteiger charge is -2.09. The summed E-state index contributed by atoms with van der Waals surface area (Å²) in [7, 11) is 0. The number of anilines is 1. The summed E-state index contributed by atoms with van der Waals surface area (Å²) in [5, 5.41) is 7.59. The molecule has 0 aliphatic carbocycles. The molecule has 0 radical (unpaired) electrons. The third-order valence-corrected chi connectivity index (χ3v) is 4.65. The number of nitrogens with one attached hydrogen (secondary N) is 1. The zero-order valence-electron chi connectivity index (χ0n) is 14.7. The second kappa shape index (κ2) is 7.14. The fourth-order valence-electron chi connectivity index (χ4n) is 2.83. The summed E-state index contributed by atoms with van der Waals surface area (Å²) < 4.78 is 1.67. The normalized spacial score (nSPS) is 10.6. The number of rotatable bonds is 4. The number of aromatic nitrogens is 2. The molecule has 2 aromatic carbocycles. The zero-order chi connectivity index (χ0) is 18.8. The van der Waals surface area contributed by atoms with Crippen LogP contribution >= 0.6 is 11.6 Å². The van der Waals surface area contributed by atoms with Crippen molar-refractivity contribution in [1.29, 1.82) is 0 Å². The van der Waals surface area contributed by atoms with Crippen LogP contribution in [0.2, 0.25) is 5.02 Å². The molecule has 3 aromatic rings. The number of Topliss-reactive ketones (excluding diaryl/α,β-unsaturated/α-hetero) is 1. The average molecular weight is 368 g/mol. The van der Waals surface area contributed by atoms with E-state index in [4.69, 9.17) is 11.6 Å². The molecule has 1 heterocycles. The van der Waals surface area contributed by atoms with Crippen molar-refractivity contribution in [2.75, 3.05) is 5.32 Å². The van der Waals surface area contributed by atoms with Crippen LogP contribution in [0.4, 0.5) is 5.69 Å². The fraction of sp³-hybridized carbons (Fsp3) is 0.150. The van der Waals surface area contributed by atoms with Gasteiger partial charge in [0.1, 0.15) is 0 Å². The van der Waals surface area contributed by atoms with Crippen molar-refractivity contribution in [3.8, 4) is 5.69 Å². The van der Waals surface area contributed by atoms with Crippen LogP contribution in [0, 0.1) is 20.8 Å². The van der Waals surface area contributed by atoms with E-state index in [-0.39, 0.29) is 0 Å². The number of nitrogens with zero attached hydrogens (tertiary/aromatic N) is 2. The van der Waals surface area contributed by atoms with Crippen LogP contribution in [0.15, 0.2) is 48.5 Å². The van der Waals surface area contributed by atoms with E-state index >= 15 is 0 Å². The van der Waals surface area contributed by atoms with E-state index in [1.165, 1.54) is 0 Å². The first-order chi connectivity index (χ1) is 12.4. The van der Waals surface area contributed by atoms with Crippen LogP contribution < -0.4 is 5.32 Å². The molecule has 3 rings (SSSR count). The Morgan fingerprint density at radius 2 is 1.69 bits per heavy atom. The van der Waals surface area contributed by atoms with Gasteiger partial charge in [0.25, 0.3) is 11.7 Å². The van der Waals surface area contributed by atoms with Crippen molar-refractivity contribution in [2.24, 2.45) is 0 Å². The van der Waals surface area contributed by atoms with Crippen LogP contribution in [-0.2, 0) is 4.79 Å². The van der Waals surface area contributed by atoms with Gasteiger partial charge in [0.2, 0.25) is 0 Å². The van der Waals surface area contributed by atoms with Gasteiger partial charge in [-0.2, -0.15) is 5.10 Å². The van der Waals surface area contributed by atoms with E-state index < -0.39 is 11.7 Å². The average Bonchev–Trinajstić information content (AvgIpc) is 2.93. The zero-order valence-corrected chi connectivity index (χ0v) is 15.5. The Morgan fingerprint density at radius 3 is 2.38 bits per heavy atom. The molecular formula is C20H18ClN3O2. The molecule has 0 aliphatic heterocycles. The van der Waals surface area contributed by atoms with Gasteiger partial charge in [-0.05, 0) is 50.6 Å². The molecule has 1 aromatic heterocycles.